The molecule has 1 heterocycles. The van der Waals surface area contributed by atoms with Crippen LogP contribution in [-0.4, -0.2) is 33.4 Å². The number of ether oxygens (including phenoxy) is 1. The van der Waals surface area contributed by atoms with E-state index in [0.29, 0.717) is 31.7 Å². The Morgan fingerprint density at radius 2 is 2.10 bits per heavy atom. The Balaban J connectivity index is 2.18. The predicted molar refractivity (Wildman–Crippen MR) is 78.7 cm³/mol. The summed E-state index contributed by atoms with van der Waals surface area (Å²) < 4.78 is 45.7. The molecule has 1 fully saturated rings. The van der Waals surface area contributed by atoms with Crippen LogP contribution < -0.4 is 10.5 Å². The summed E-state index contributed by atoms with van der Waals surface area (Å²) in [4.78, 5) is 0. The fourth-order valence-corrected chi connectivity index (χ4v) is 3.50. The standard InChI is InChI=1S/C14H17FN2O3S/c15-14-4-3-12(10-11(14)2-1-7-16)17-21(18,19)13-5-8-20-9-6-13/h3-4,10,13,17H,5-9,16H2. The van der Waals surface area contributed by atoms with Gasteiger partial charge in [0, 0.05) is 18.9 Å². The number of anilines is 1. The van der Waals surface area contributed by atoms with Gasteiger partial charge in [0.15, 0.2) is 0 Å². The third-order valence-corrected chi connectivity index (χ3v) is 5.03. The molecule has 0 aliphatic carbocycles. The van der Waals surface area contributed by atoms with Gasteiger partial charge in [0.2, 0.25) is 10.0 Å². The Morgan fingerprint density at radius 1 is 1.38 bits per heavy atom. The molecule has 2 rings (SSSR count). The zero-order valence-electron chi connectivity index (χ0n) is 11.4. The summed E-state index contributed by atoms with van der Waals surface area (Å²) in [5, 5.41) is -0.491. The first kappa shape index (κ1) is 15.8. The molecule has 114 valence electrons. The van der Waals surface area contributed by atoms with Gasteiger partial charge in [-0.1, -0.05) is 11.8 Å². The summed E-state index contributed by atoms with van der Waals surface area (Å²) in [6.45, 7) is 0.974. The zero-order chi connectivity index (χ0) is 15.3. The van der Waals surface area contributed by atoms with Crippen LogP contribution in [0.5, 0.6) is 0 Å². The van der Waals surface area contributed by atoms with Crippen molar-refractivity contribution in [3.63, 3.8) is 0 Å². The van der Waals surface area contributed by atoms with Gasteiger partial charge in [-0.05, 0) is 31.0 Å². The first-order valence-corrected chi connectivity index (χ1v) is 8.15. The summed E-state index contributed by atoms with van der Waals surface area (Å²) in [7, 11) is -3.51. The summed E-state index contributed by atoms with van der Waals surface area (Å²) in [5.41, 5.74) is 5.66. The van der Waals surface area contributed by atoms with Crippen LogP contribution >= 0.6 is 0 Å². The molecule has 7 heteroatoms. The van der Waals surface area contributed by atoms with E-state index in [0.717, 1.165) is 0 Å². The first-order valence-electron chi connectivity index (χ1n) is 6.61. The Labute approximate surface area is 123 Å². The monoisotopic (exact) mass is 312 g/mol. The lowest BCUT2D eigenvalue weighted by Crippen LogP contribution is -2.33. The lowest BCUT2D eigenvalue weighted by atomic mass is 10.2. The van der Waals surface area contributed by atoms with Gasteiger partial charge in [-0.3, -0.25) is 4.72 Å². The van der Waals surface area contributed by atoms with E-state index >= 15 is 0 Å². The van der Waals surface area contributed by atoms with Crippen LogP contribution in [0, 0.1) is 17.7 Å². The first-order chi connectivity index (χ1) is 10.0. The van der Waals surface area contributed by atoms with Crippen LogP contribution in [0.25, 0.3) is 0 Å². The molecule has 1 aromatic carbocycles. The van der Waals surface area contributed by atoms with Crippen molar-refractivity contribution in [2.75, 3.05) is 24.5 Å². The van der Waals surface area contributed by atoms with E-state index in [2.05, 4.69) is 16.6 Å². The van der Waals surface area contributed by atoms with Crippen molar-refractivity contribution in [2.24, 2.45) is 5.73 Å². The predicted octanol–water partition coefficient (Wildman–Crippen LogP) is 1.06. The van der Waals surface area contributed by atoms with Gasteiger partial charge in [0.25, 0.3) is 0 Å². The van der Waals surface area contributed by atoms with Gasteiger partial charge in [0.1, 0.15) is 5.82 Å². The molecule has 0 atom stereocenters. The number of halogens is 1. The van der Waals surface area contributed by atoms with E-state index in [1.54, 1.807) is 0 Å². The zero-order valence-corrected chi connectivity index (χ0v) is 12.2. The van der Waals surface area contributed by atoms with Crippen molar-refractivity contribution in [1.29, 1.82) is 0 Å². The van der Waals surface area contributed by atoms with Crippen LogP contribution in [-0.2, 0) is 14.8 Å². The third-order valence-electron chi connectivity index (χ3n) is 3.16. The fourth-order valence-electron chi connectivity index (χ4n) is 2.06. The summed E-state index contributed by atoms with van der Waals surface area (Å²) in [6, 6.07) is 3.93. The smallest absolute Gasteiger partial charge is 0.235 e. The average molecular weight is 312 g/mol. The maximum absolute atomic E-state index is 13.5. The maximum atomic E-state index is 13.5. The van der Waals surface area contributed by atoms with Crippen molar-refractivity contribution < 1.29 is 17.5 Å². The molecule has 1 aromatic rings. The summed E-state index contributed by atoms with van der Waals surface area (Å²) >= 11 is 0. The number of hydrogen-bond donors (Lipinski definition) is 2. The lowest BCUT2D eigenvalue weighted by Gasteiger charge is -2.22. The van der Waals surface area contributed by atoms with Gasteiger partial charge in [0.05, 0.1) is 17.4 Å². The van der Waals surface area contributed by atoms with Gasteiger partial charge < -0.3 is 10.5 Å². The number of nitrogens with two attached hydrogens (primary N) is 1. The maximum Gasteiger partial charge on any atom is 0.235 e. The molecule has 1 saturated heterocycles. The van der Waals surface area contributed by atoms with E-state index in [-0.39, 0.29) is 12.1 Å². The molecule has 1 aliphatic heterocycles. The average Bonchev–Trinajstić information content (AvgIpc) is 2.48. The van der Waals surface area contributed by atoms with Crippen molar-refractivity contribution in [3.8, 4) is 11.8 Å². The molecular weight excluding hydrogens is 295 g/mol. The minimum atomic E-state index is -3.51. The second-order valence-corrected chi connectivity index (χ2v) is 6.62. The molecule has 0 unspecified atom stereocenters. The van der Waals surface area contributed by atoms with Gasteiger partial charge >= 0.3 is 0 Å². The van der Waals surface area contributed by atoms with E-state index < -0.39 is 21.1 Å². The van der Waals surface area contributed by atoms with Crippen LogP contribution in [0.2, 0.25) is 0 Å². The topological polar surface area (TPSA) is 81.4 Å². The van der Waals surface area contributed by atoms with Crippen LogP contribution in [0.15, 0.2) is 18.2 Å². The highest BCUT2D eigenvalue weighted by molar-refractivity contribution is 7.93. The lowest BCUT2D eigenvalue weighted by molar-refractivity contribution is 0.0984. The molecule has 5 nitrogen and oxygen atoms in total. The van der Waals surface area contributed by atoms with E-state index in [1.165, 1.54) is 18.2 Å². The molecule has 0 bridgehead atoms. The second-order valence-electron chi connectivity index (χ2n) is 4.66. The molecule has 3 N–H and O–H groups in total. The number of rotatable bonds is 3. The Hall–Kier alpha value is -1.62. The fraction of sp³-hybridized carbons (Fsp3) is 0.429. The van der Waals surface area contributed by atoms with Crippen molar-refractivity contribution >= 4 is 15.7 Å². The Morgan fingerprint density at radius 3 is 2.76 bits per heavy atom. The number of hydrogen-bond acceptors (Lipinski definition) is 4. The normalized spacial score (nSPS) is 16.1. The molecular formula is C14H17FN2O3S. The highest BCUT2D eigenvalue weighted by atomic mass is 32.2. The number of benzene rings is 1. The van der Waals surface area contributed by atoms with Crippen molar-refractivity contribution in [1.82, 2.24) is 0 Å². The molecule has 0 spiro atoms. The van der Waals surface area contributed by atoms with Gasteiger partial charge in [-0.25, -0.2) is 12.8 Å². The highest BCUT2D eigenvalue weighted by Crippen LogP contribution is 2.21. The molecule has 1 aliphatic rings. The molecule has 0 amide bonds. The van der Waals surface area contributed by atoms with Crippen molar-refractivity contribution in [3.05, 3.63) is 29.6 Å². The molecule has 21 heavy (non-hydrogen) atoms. The minimum absolute atomic E-state index is 0.109. The van der Waals surface area contributed by atoms with Gasteiger partial charge in [-0.15, -0.1) is 0 Å². The highest BCUT2D eigenvalue weighted by Gasteiger charge is 2.27. The van der Waals surface area contributed by atoms with Gasteiger partial charge in [-0.2, -0.15) is 0 Å². The number of sulfonamides is 1. The van der Waals surface area contributed by atoms with Crippen molar-refractivity contribution in [2.45, 2.75) is 18.1 Å². The SMILES string of the molecule is NCC#Cc1cc(NS(=O)(=O)C2CCOCC2)ccc1F. The molecule has 0 saturated carbocycles. The molecule has 0 aromatic heterocycles. The van der Waals surface area contributed by atoms with Crippen LogP contribution in [0.3, 0.4) is 0 Å². The number of nitrogens with one attached hydrogen (secondary N) is 1. The Kier molecular flexibility index (Phi) is 5.17. The van der Waals surface area contributed by atoms with Crippen LogP contribution in [0.1, 0.15) is 18.4 Å². The minimum Gasteiger partial charge on any atom is -0.381 e. The largest absolute Gasteiger partial charge is 0.381 e. The summed E-state index contributed by atoms with van der Waals surface area (Å²) in [5.74, 6) is 4.61. The van der Waals surface area contributed by atoms with E-state index in [9.17, 15) is 12.8 Å². The summed E-state index contributed by atoms with van der Waals surface area (Å²) in [6.07, 6.45) is 0.909. The molecule has 0 radical (unpaired) electrons. The Bertz CT molecular complexity index is 659. The quantitative estimate of drug-likeness (QED) is 0.818. The third kappa shape index (κ3) is 4.17. The second kappa shape index (κ2) is 6.89. The van der Waals surface area contributed by atoms with E-state index in [1.807, 2.05) is 0 Å². The van der Waals surface area contributed by atoms with E-state index in [4.69, 9.17) is 10.5 Å². The van der Waals surface area contributed by atoms with Crippen LogP contribution in [0.4, 0.5) is 10.1 Å².